The number of para-hydroxylation sites is 1. The number of benzene rings is 3. The van der Waals surface area contributed by atoms with Gasteiger partial charge in [-0.05, 0) is 62.2 Å². The number of carboxylic acids is 1. The molecule has 0 aliphatic heterocycles. The average Bonchev–Trinajstić information content (AvgIpc) is 3.11. The third-order valence-corrected chi connectivity index (χ3v) is 6.01. The third-order valence-electron chi connectivity index (χ3n) is 5.68. The van der Waals surface area contributed by atoms with Crippen molar-refractivity contribution in [1.29, 1.82) is 0 Å². The molecule has 7 heteroatoms. The van der Waals surface area contributed by atoms with E-state index in [4.69, 9.17) is 17.3 Å². The zero-order chi connectivity index (χ0) is 23.7. The molecule has 0 bridgehead atoms. The summed E-state index contributed by atoms with van der Waals surface area (Å²) < 4.78 is 1.82. The van der Waals surface area contributed by atoms with Crippen LogP contribution < -0.4 is 5.43 Å². The number of hydrogen-bond acceptors (Lipinski definition) is 4. The van der Waals surface area contributed by atoms with E-state index in [1.54, 1.807) is 19.1 Å². The molecular weight excluding hydrogens is 434 g/mol. The van der Waals surface area contributed by atoms with Crippen molar-refractivity contribution in [3.05, 3.63) is 94.5 Å². The monoisotopic (exact) mass is 457 g/mol. The summed E-state index contributed by atoms with van der Waals surface area (Å²) in [7, 11) is 0. The van der Waals surface area contributed by atoms with Crippen LogP contribution in [0.4, 0.5) is 0 Å². The van der Waals surface area contributed by atoms with Crippen LogP contribution in [0.5, 0.6) is 5.88 Å². The molecule has 33 heavy (non-hydrogen) atoms. The molecule has 1 heterocycles. The molecule has 0 saturated carbocycles. The maximum absolute atomic E-state index is 11.2. The van der Waals surface area contributed by atoms with Crippen LogP contribution in [0.25, 0.3) is 16.6 Å². The van der Waals surface area contributed by atoms with Gasteiger partial charge in [-0.2, -0.15) is 5.10 Å². The summed E-state index contributed by atoms with van der Waals surface area (Å²) in [5.41, 5.74) is 8.92. The molecule has 0 amide bonds. The number of hydrogen-bond donors (Lipinski definition) is 3. The third kappa shape index (κ3) is 4.23. The highest BCUT2D eigenvalue weighted by Crippen LogP contribution is 2.35. The number of aromatic carboxylic acids is 1. The van der Waals surface area contributed by atoms with Crippen molar-refractivity contribution >= 4 is 39.8 Å². The Morgan fingerprint density at radius 3 is 2.30 bits per heavy atom. The van der Waals surface area contributed by atoms with Gasteiger partial charge in [0.1, 0.15) is 4.99 Å². The topological polar surface area (TPSA) is 86.8 Å². The quantitative estimate of drug-likeness (QED) is 0.214. The summed E-state index contributed by atoms with van der Waals surface area (Å²) in [6, 6.07) is 20.1. The lowest BCUT2D eigenvalue weighted by atomic mass is 10.1. The molecular formula is C26H23N3O3S. The minimum atomic E-state index is -0.995. The van der Waals surface area contributed by atoms with Crippen molar-refractivity contribution in [1.82, 2.24) is 9.99 Å². The number of carbonyl (C=O) groups is 1. The normalized spacial score (nSPS) is 11.5. The number of hydrazone groups is 1. The van der Waals surface area contributed by atoms with E-state index in [0.29, 0.717) is 21.8 Å². The van der Waals surface area contributed by atoms with Gasteiger partial charge in [0.05, 0.1) is 22.4 Å². The SMILES string of the molecule is C/C(=N\NC(=S)c1ccc(C(=O)O)cc1)c1c(O)n(-c2ccc(C)c(C)c2)c2ccccc12. The molecule has 0 aliphatic rings. The van der Waals surface area contributed by atoms with Crippen molar-refractivity contribution in [3.8, 4) is 11.6 Å². The number of aromatic nitrogens is 1. The molecule has 0 fully saturated rings. The van der Waals surface area contributed by atoms with E-state index in [0.717, 1.165) is 22.2 Å². The van der Waals surface area contributed by atoms with E-state index in [2.05, 4.69) is 17.5 Å². The first-order chi connectivity index (χ1) is 15.8. The van der Waals surface area contributed by atoms with Crippen LogP contribution in [0, 0.1) is 13.8 Å². The van der Waals surface area contributed by atoms with Crippen molar-refractivity contribution < 1.29 is 15.0 Å². The van der Waals surface area contributed by atoms with Gasteiger partial charge in [-0.25, -0.2) is 4.79 Å². The molecule has 0 aliphatic carbocycles. The first kappa shape index (κ1) is 22.2. The van der Waals surface area contributed by atoms with E-state index in [1.807, 2.05) is 54.0 Å². The van der Waals surface area contributed by atoms with E-state index in [9.17, 15) is 9.90 Å². The van der Waals surface area contributed by atoms with Gasteiger partial charge in [0.2, 0.25) is 5.88 Å². The number of nitrogens with zero attached hydrogens (tertiary/aromatic N) is 2. The molecule has 0 atom stereocenters. The van der Waals surface area contributed by atoms with Crippen LogP contribution >= 0.6 is 12.2 Å². The second-order valence-electron chi connectivity index (χ2n) is 7.84. The largest absolute Gasteiger partial charge is 0.494 e. The summed E-state index contributed by atoms with van der Waals surface area (Å²) in [5.74, 6) is -0.899. The van der Waals surface area contributed by atoms with Crippen LogP contribution in [0.1, 0.15) is 39.5 Å². The molecule has 1 aromatic heterocycles. The molecule has 3 N–H and O–H groups in total. The standard InChI is InChI=1S/C26H23N3O3S/c1-15-8-13-20(14-16(15)2)29-22-7-5-4-6-21(22)23(25(29)30)17(3)27-28-24(33)18-9-11-19(12-10-18)26(31)32/h4-14,30H,1-3H3,(H,28,33)(H,31,32)/b27-17+. The van der Waals surface area contributed by atoms with E-state index in [-0.39, 0.29) is 11.4 Å². The Labute approximate surface area is 196 Å². The summed E-state index contributed by atoms with van der Waals surface area (Å²) in [6.45, 7) is 5.90. The Balaban J connectivity index is 1.71. The highest BCUT2D eigenvalue weighted by molar-refractivity contribution is 7.80. The Kier molecular flexibility index (Phi) is 5.98. The van der Waals surface area contributed by atoms with Gasteiger partial charge in [0, 0.05) is 16.6 Å². The zero-order valence-corrected chi connectivity index (χ0v) is 19.3. The maximum atomic E-state index is 11.2. The Morgan fingerprint density at radius 1 is 0.970 bits per heavy atom. The number of thiocarbonyl (C=S) groups is 1. The Hall–Kier alpha value is -3.97. The minimum Gasteiger partial charge on any atom is -0.494 e. The highest BCUT2D eigenvalue weighted by Gasteiger charge is 2.20. The van der Waals surface area contributed by atoms with Crippen molar-refractivity contribution in [3.63, 3.8) is 0 Å². The van der Waals surface area contributed by atoms with Crippen molar-refractivity contribution in [2.75, 3.05) is 0 Å². The summed E-state index contributed by atoms with van der Waals surface area (Å²) in [4.78, 5) is 11.4. The average molecular weight is 458 g/mol. The van der Waals surface area contributed by atoms with Crippen molar-refractivity contribution in [2.45, 2.75) is 20.8 Å². The highest BCUT2D eigenvalue weighted by atomic mass is 32.1. The van der Waals surface area contributed by atoms with Crippen LogP contribution in [-0.2, 0) is 0 Å². The van der Waals surface area contributed by atoms with E-state index in [1.165, 1.54) is 17.7 Å². The Bertz CT molecular complexity index is 1420. The zero-order valence-electron chi connectivity index (χ0n) is 18.5. The lowest BCUT2D eigenvalue weighted by Gasteiger charge is -2.10. The summed E-state index contributed by atoms with van der Waals surface area (Å²) >= 11 is 5.40. The van der Waals surface area contributed by atoms with Crippen molar-refractivity contribution in [2.24, 2.45) is 5.10 Å². The van der Waals surface area contributed by atoms with Crippen LogP contribution in [0.2, 0.25) is 0 Å². The fraction of sp³-hybridized carbons (Fsp3) is 0.115. The lowest BCUT2D eigenvalue weighted by Crippen LogP contribution is -2.18. The predicted molar refractivity (Wildman–Crippen MR) is 135 cm³/mol. The second-order valence-corrected chi connectivity index (χ2v) is 8.25. The Morgan fingerprint density at radius 2 is 1.64 bits per heavy atom. The van der Waals surface area contributed by atoms with Gasteiger partial charge in [-0.1, -0.05) is 48.6 Å². The number of rotatable bonds is 5. The number of aryl methyl sites for hydroxylation is 2. The van der Waals surface area contributed by atoms with Gasteiger partial charge in [-0.3, -0.25) is 9.99 Å². The van der Waals surface area contributed by atoms with Gasteiger partial charge >= 0.3 is 5.97 Å². The van der Waals surface area contributed by atoms with Gasteiger partial charge in [0.15, 0.2) is 0 Å². The number of aromatic hydroxyl groups is 1. The maximum Gasteiger partial charge on any atom is 0.335 e. The van der Waals surface area contributed by atoms with Gasteiger partial charge in [-0.15, -0.1) is 0 Å². The molecule has 166 valence electrons. The smallest absolute Gasteiger partial charge is 0.335 e. The molecule has 3 aromatic carbocycles. The molecule has 4 aromatic rings. The number of nitrogens with one attached hydrogen (secondary N) is 1. The number of carboxylic acid groups (broad SMARTS) is 1. The van der Waals surface area contributed by atoms with E-state index < -0.39 is 5.97 Å². The van der Waals surface area contributed by atoms with Gasteiger partial charge in [0.25, 0.3) is 0 Å². The first-order valence-corrected chi connectivity index (χ1v) is 10.8. The lowest BCUT2D eigenvalue weighted by molar-refractivity contribution is 0.0697. The summed E-state index contributed by atoms with van der Waals surface area (Å²) in [5, 5.41) is 25.6. The minimum absolute atomic E-state index is 0.0965. The second kappa shape index (κ2) is 8.88. The molecule has 0 saturated heterocycles. The molecule has 6 nitrogen and oxygen atoms in total. The molecule has 0 spiro atoms. The fourth-order valence-electron chi connectivity index (χ4n) is 3.73. The molecule has 0 radical (unpaired) electrons. The number of fused-ring (bicyclic) bond motifs is 1. The van der Waals surface area contributed by atoms with Crippen LogP contribution in [0.3, 0.4) is 0 Å². The van der Waals surface area contributed by atoms with Gasteiger partial charge < -0.3 is 10.2 Å². The predicted octanol–water partition coefficient (Wildman–Crippen LogP) is 5.34. The molecule has 0 unspecified atom stereocenters. The molecule has 4 rings (SSSR count). The van der Waals surface area contributed by atoms with Crippen LogP contribution in [0.15, 0.2) is 71.8 Å². The van der Waals surface area contributed by atoms with E-state index >= 15 is 0 Å². The first-order valence-electron chi connectivity index (χ1n) is 10.4. The summed E-state index contributed by atoms with van der Waals surface area (Å²) in [6.07, 6.45) is 0. The van der Waals surface area contributed by atoms with Crippen LogP contribution in [-0.4, -0.2) is 31.4 Å². The fourth-order valence-corrected chi connectivity index (χ4v) is 3.91.